The quantitative estimate of drug-likeness (QED) is 0.600. The summed E-state index contributed by atoms with van der Waals surface area (Å²) in [6, 6.07) is 13.8. The van der Waals surface area contributed by atoms with Gasteiger partial charge in [-0.3, -0.25) is 19.3 Å². The zero-order valence-corrected chi connectivity index (χ0v) is 15.4. The number of amides is 2. The summed E-state index contributed by atoms with van der Waals surface area (Å²) >= 11 is 6.66. The molecule has 5 nitrogen and oxygen atoms in total. The Balaban J connectivity index is 1.64. The summed E-state index contributed by atoms with van der Waals surface area (Å²) in [5, 5.41) is 0.619. The van der Waals surface area contributed by atoms with Crippen molar-refractivity contribution in [1.82, 2.24) is 4.90 Å². The topological polar surface area (TPSA) is 67.6 Å². The third-order valence-corrected chi connectivity index (χ3v) is 5.28. The molecule has 1 aliphatic heterocycles. The van der Waals surface area contributed by atoms with Gasteiger partial charge in [-0.15, -0.1) is 0 Å². The van der Waals surface area contributed by atoms with Crippen LogP contribution >= 0.6 is 23.4 Å². The minimum absolute atomic E-state index is 0.144. The standard InChI is InChI=1S/C20H12ClNO4S/c21-14-7-5-12(6-8-14)10-22-19(24)17(27-20(22)25)9-13-11-26-16-4-2-1-3-15(16)18(13)23/h1-9,11H,10H2/b17-9-. The summed E-state index contributed by atoms with van der Waals surface area (Å²) in [4.78, 5) is 38.8. The Morgan fingerprint density at radius 1 is 1.04 bits per heavy atom. The number of fused-ring (bicyclic) bond motifs is 1. The third-order valence-electron chi connectivity index (χ3n) is 4.12. The maximum absolute atomic E-state index is 12.6. The van der Waals surface area contributed by atoms with Crippen LogP contribution in [0.2, 0.25) is 5.02 Å². The zero-order chi connectivity index (χ0) is 19.0. The van der Waals surface area contributed by atoms with E-state index in [4.69, 9.17) is 16.0 Å². The molecule has 0 bridgehead atoms. The number of para-hydroxylation sites is 1. The summed E-state index contributed by atoms with van der Waals surface area (Å²) in [7, 11) is 0. The van der Waals surface area contributed by atoms with Crippen LogP contribution in [-0.2, 0) is 11.3 Å². The lowest BCUT2D eigenvalue weighted by molar-refractivity contribution is -0.123. The first kappa shape index (κ1) is 17.6. The van der Waals surface area contributed by atoms with Crippen molar-refractivity contribution >= 4 is 51.6 Å². The zero-order valence-electron chi connectivity index (χ0n) is 13.8. The first-order chi connectivity index (χ1) is 13.0. The number of benzene rings is 2. The summed E-state index contributed by atoms with van der Waals surface area (Å²) in [6.07, 6.45) is 2.71. The highest BCUT2D eigenvalue weighted by atomic mass is 35.5. The molecule has 0 aliphatic carbocycles. The van der Waals surface area contributed by atoms with E-state index in [2.05, 4.69) is 0 Å². The summed E-state index contributed by atoms with van der Waals surface area (Å²) < 4.78 is 5.45. The number of nitrogens with zero attached hydrogens (tertiary/aromatic N) is 1. The van der Waals surface area contributed by atoms with Gasteiger partial charge in [-0.05, 0) is 47.7 Å². The second kappa shape index (κ2) is 7.06. The number of thioether (sulfide) groups is 1. The molecule has 0 saturated carbocycles. The minimum atomic E-state index is -0.437. The van der Waals surface area contributed by atoms with Crippen LogP contribution in [0.4, 0.5) is 4.79 Å². The van der Waals surface area contributed by atoms with Crippen LogP contribution in [0.15, 0.2) is 68.9 Å². The Morgan fingerprint density at radius 3 is 2.56 bits per heavy atom. The molecule has 27 heavy (non-hydrogen) atoms. The number of rotatable bonds is 3. The van der Waals surface area contributed by atoms with E-state index < -0.39 is 5.91 Å². The van der Waals surface area contributed by atoms with Gasteiger partial charge in [-0.2, -0.15) is 0 Å². The van der Waals surface area contributed by atoms with E-state index in [-0.39, 0.29) is 27.7 Å². The van der Waals surface area contributed by atoms with Gasteiger partial charge in [0.15, 0.2) is 5.43 Å². The van der Waals surface area contributed by atoms with Gasteiger partial charge in [0, 0.05) is 5.02 Å². The first-order valence-electron chi connectivity index (χ1n) is 8.03. The smallest absolute Gasteiger partial charge is 0.293 e. The van der Waals surface area contributed by atoms with Crippen LogP contribution < -0.4 is 5.43 Å². The van der Waals surface area contributed by atoms with Crippen molar-refractivity contribution in [2.45, 2.75) is 6.54 Å². The minimum Gasteiger partial charge on any atom is -0.463 e. The molecular formula is C20H12ClNO4S. The number of halogens is 1. The molecule has 0 spiro atoms. The number of carbonyl (C=O) groups excluding carboxylic acids is 2. The Bertz CT molecular complexity index is 1150. The average Bonchev–Trinajstić information content (AvgIpc) is 2.93. The molecule has 0 atom stereocenters. The summed E-state index contributed by atoms with van der Waals surface area (Å²) in [6.45, 7) is 0.144. The predicted molar refractivity (Wildman–Crippen MR) is 105 cm³/mol. The molecule has 1 aromatic heterocycles. The number of carbonyl (C=O) groups is 2. The van der Waals surface area contributed by atoms with Gasteiger partial charge >= 0.3 is 0 Å². The lowest BCUT2D eigenvalue weighted by atomic mass is 10.1. The Kier molecular flexibility index (Phi) is 4.59. The molecule has 0 radical (unpaired) electrons. The lowest BCUT2D eigenvalue weighted by Crippen LogP contribution is -2.27. The van der Waals surface area contributed by atoms with Crippen LogP contribution in [0.25, 0.3) is 17.0 Å². The largest absolute Gasteiger partial charge is 0.463 e. The highest BCUT2D eigenvalue weighted by Crippen LogP contribution is 2.33. The summed E-state index contributed by atoms with van der Waals surface area (Å²) in [5.74, 6) is -0.437. The monoisotopic (exact) mass is 397 g/mol. The van der Waals surface area contributed by atoms with E-state index in [1.54, 1.807) is 48.5 Å². The van der Waals surface area contributed by atoms with Crippen molar-refractivity contribution in [2.24, 2.45) is 0 Å². The third kappa shape index (κ3) is 3.41. The molecule has 134 valence electrons. The van der Waals surface area contributed by atoms with Crippen molar-refractivity contribution in [1.29, 1.82) is 0 Å². The molecule has 1 fully saturated rings. The fourth-order valence-corrected chi connectivity index (χ4v) is 3.70. The molecule has 2 amide bonds. The lowest BCUT2D eigenvalue weighted by Gasteiger charge is -2.12. The molecule has 3 aromatic rings. The van der Waals surface area contributed by atoms with E-state index in [1.807, 2.05) is 0 Å². The fourth-order valence-electron chi connectivity index (χ4n) is 2.74. The SMILES string of the molecule is O=C1S/C(=C\c2coc3ccccc3c2=O)C(=O)N1Cc1ccc(Cl)cc1. The van der Waals surface area contributed by atoms with Gasteiger partial charge in [0.25, 0.3) is 11.1 Å². The molecule has 7 heteroatoms. The second-order valence-electron chi connectivity index (χ2n) is 5.91. The number of imide groups is 1. The molecule has 2 heterocycles. The van der Waals surface area contributed by atoms with Crippen molar-refractivity contribution in [3.63, 3.8) is 0 Å². The van der Waals surface area contributed by atoms with Crippen molar-refractivity contribution in [2.75, 3.05) is 0 Å². The maximum atomic E-state index is 12.6. The molecule has 0 unspecified atom stereocenters. The Morgan fingerprint density at radius 2 is 1.78 bits per heavy atom. The number of hydrogen-bond acceptors (Lipinski definition) is 5. The van der Waals surface area contributed by atoms with Gasteiger partial charge in [0.1, 0.15) is 11.8 Å². The Labute approximate surface area is 163 Å². The fraction of sp³-hybridized carbons (Fsp3) is 0.0500. The van der Waals surface area contributed by atoms with Gasteiger partial charge in [-0.1, -0.05) is 35.9 Å². The Hall–Kier alpha value is -2.83. The molecular weight excluding hydrogens is 386 g/mol. The van der Waals surface area contributed by atoms with Gasteiger partial charge in [-0.25, -0.2) is 0 Å². The molecule has 1 aliphatic rings. The summed E-state index contributed by atoms with van der Waals surface area (Å²) in [5.41, 5.74) is 1.23. The van der Waals surface area contributed by atoms with E-state index >= 15 is 0 Å². The van der Waals surface area contributed by atoms with E-state index in [9.17, 15) is 14.4 Å². The van der Waals surface area contributed by atoms with Gasteiger partial charge in [0.05, 0.1) is 22.4 Å². The van der Waals surface area contributed by atoms with Crippen molar-refractivity contribution < 1.29 is 14.0 Å². The van der Waals surface area contributed by atoms with Crippen LogP contribution in [0, 0.1) is 0 Å². The molecule has 1 saturated heterocycles. The van der Waals surface area contributed by atoms with E-state index in [1.165, 1.54) is 12.3 Å². The van der Waals surface area contributed by atoms with Gasteiger partial charge in [0.2, 0.25) is 0 Å². The van der Waals surface area contributed by atoms with Gasteiger partial charge < -0.3 is 4.42 Å². The first-order valence-corrected chi connectivity index (χ1v) is 9.23. The molecule has 4 rings (SSSR count). The van der Waals surface area contributed by atoms with Crippen molar-refractivity contribution in [3.05, 3.63) is 86.1 Å². The van der Waals surface area contributed by atoms with Crippen molar-refractivity contribution in [3.8, 4) is 0 Å². The highest BCUT2D eigenvalue weighted by molar-refractivity contribution is 8.18. The number of hydrogen-bond donors (Lipinski definition) is 0. The maximum Gasteiger partial charge on any atom is 0.293 e. The normalized spacial score (nSPS) is 15.9. The predicted octanol–water partition coefficient (Wildman–Crippen LogP) is 4.68. The highest BCUT2D eigenvalue weighted by Gasteiger charge is 2.35. The van der Waals surface area contributed by atoms with Crippen LogP contribution in [0.5, 0.6) is 0 Å². The van der Waals surface area contributed by atoms with Crippen LogP contribution in [0.1, 0.15) is 11.1 Å². The second-order valence-corrected chi connectivity index (χ2v) is 7.34. The average molecular weight is 398 g/mol. The molecule has 2 aromatic carbocycles. The van der Waals surface area contributed by atoms with E-state index in [0.717, 1.165) is 22.2 Å². The van der Waals surface area contributed by atoms with E-state index in [0.29, 0.717) is 16.0 Å². The van der Waals surface area contributed by atoms with Crippen LogP contribution in [0.3, 0.4) is 0 Å². The van der Waals surface area contributed by atoms with Crippen LogP contribution in [-0.4, -0.2) is 16.0 Å². The molecule has 0 N–H and O–H groups in total.